The quantitative estimate of drug-likeness (QED) is 0.639. The van der Waals surface area contributed by atoms with E-state index in [9.17, 15) is 13.2 Å². The molecule has 7 heteroatoms. The fraction of sp³-hybridized carbons (Fsp3) is 0.0909. The van der Waals surface area contributed by atoms with Crippen LogP contribution in [-0.2, 0) is 14.8 Å². The number of carbonyl (C=O) groups excluding carboxylic acids is 1. The minimum atomic E-state index is -3.78. The number of carbonyl (C=O) groups is 1. The normalized spacial score (nSPS) is 11.8. The highest BCUT2D eigenvalue weighted by Crippen LogP contribution is 2.12. The van der Waals surface area contributed by atoms with E-state index in [0.29, 0.717) is 16.9 Å². The average molecular weight is 405 g/mol. The van der Waals surface area contributed by atoms with Gasteiger partial charge < -0.3 is 5.32 Å². The molecule has 146 valence electrons. The summed E-state index contributed by atoms with van der Waals surface area (Å²) in [6.07, 6.45) is 1.67. The van der Waals surface area contributed by atoms with Gasteiger partial charge in [0.05, 0.1) is 10.9 Å². The molecule has 1 aromatic heterocycles. The zero-order valence-corrected chi connectivity index (χ0v) is 16.5. The lowest BCUT2D eigenvalue weighted by Crippen LogP contribution is -2.41. The molecule has 2 N–H and O–H groups in total. The molecule has 3 rings (SSSR count). The second-order valence-electron chi connectivity index (χ2n) is 6.19. The first-order chi connectivity index (χ1) is 13.9. The minimum Gasteiger partial charge on any atom is -0.325 e. The van der Waals surface area contributed by atoms with Crippen molar-refractivity contribution in [3.63, 3.8) is 0 Å². The first-order valence-electron chi connectivity index (χ1n) is 8.85. The summed E-state index contributed by atoms with van der Waals surface area (Å²) < 4.78 is 27.1. The van der Waals surface area contributed by atoms with Crippen LogP contribution in [0.25, 0.3) is 0 Å². The number of nitrogens with one attached hydrogen (secondary N) is 2. The van der Waals surface area contributed by atoms with E-state index < -0.39 is 22.0 Å². The fourth-order valence-electron chi connectivity index (χ4n) is 2.45. The van der Waals surface area contributed by atoms with Gasteiger partial charge in [-0.05, 0) is 55.3 Å². The van der Waals surface area contributed by atoms with E-state index in [1.807, 2.05) is 18.2 Å². The van der Waals surface area contributed by atoms with Crippen molar-refractivity contribution in [3.8, 4) is 11.8 Å². The Kier molecular flexibility index (Phi) is 6.39. The van der Waals surface area contributed by atoms with Crippen LogP contribution in [0.15, 0.2) is 83.9 Å². The molecule has 0 saturated carbocycles. The highest BCUT2D eigenvalue weighted by molar-refractivity contribution is 7.89. The van der Waals surface area contributed by atoms with Gasteiger partial charge in [0, 0.05) is 17.4 Å². The Morgan fingerprint density at radius 1 is 0.966 bits per heavy atom. The van der Waals surface area contributed by atoms with Gasteiger partial charge in [-0.3, -0.25) is 4.79 Å². The van der Waals surface area contributed by atoms with Gasteiger partial charge in [0.25, 0.3) is 0 Å². The number of anilines is 1. The van der Waals surface area contributed by atoms with E-state index in [1.54, 1.807) is 48.7 Å². The third kappa shape index (κ3) is 5.75. The Morgan fingerprint density at radius 2 is 1.72 bits per heavy atom. The standard InChI is InChI=1S/C22H19N3O3S/c1-17(25-29(27,28)21-11-3-2-4-12-21)22(26)24-20-10-7-8-18(16-20)13-14-19-9-5-6-15-23-19/h2-12,15-17,25H,1H3,(H,24,26)/t17-/m0/s1. The second kappa shape index (κ2) is 9.15. The molecule has 1 heterocycles. The molecule has 0 aliphatic heterocycles. The van der Waals surface area contributed by atoms with Crippen molar-refractivity contribution in [1.29, 1.82) is 0 Å². The highest BCUT2D eigenvalue weighted by atomic mass is 32.2. The van der Waals surface area contributed by atoms with E-state index in [2.05, 4.69) is 26.9 Å². The molecule has 2 aromatic carbocycles. The number of sulfonamides is 1. The zero-order chi connectivity index (χ0) is 20.7. The van der Waals surface area contributed by atoms with Crippen LogP contribution < -0.4 is 10.0 Å². The number of hydrogen-bond donors (Lipinski definition) is 2. The monoisotopic (exact) mass is 405 g/mol. The van der Waals surface area contributed by atoms with Crippen molar-refractivity contribution >= 4 is 21.6 Å². The Hall–Kier alpha value is -3.47. The number of pyridine rings is 1. The molecule has 0 fully saturated rings. The van der Waals surface area contributed by atoms with E-state index >= 15 is 0 Å². The molecule has 3 aromatic rings. The molecule has 0 saturated heterocycles. The molecule has 0 unspecified atom stereocenters. The summed E-state index contributed by atoms with van der Waals surface area (Å²) in [5.74, 6) is 5.46. The SMILES string of the molecule is C[C@H](NS(=O)(=O)c1ccccc1)C(=O)Nc1cccc(C#Cc2ccccn2)c1. The fourth-order valence-corrected chi connectivity index (χ4v) is 3.68. The van der Waals surface area contributed by atoms with Crippen LogP contribution in [0.1, 0.15) is 18.2 Å². The molecule has 0 bridgehead atoms. The Morgan fingerprint density at radius 3 is 2.45 bits per heavy atom. The second-order valence-corrected chi connectivity index (χ2v) is 7.91. The van der Waals surface area contributed by atoms with Gasteiger partial charge in [-0.2, -0.15) is 4.72 Å². The lowest BCUT2D eigenvalue weighted by molar-refractivity contribution is -0.117. The topological polar surface area (TPSA) is 88.2 Å². The largest absolute Gasteiger partial charge is 0.325 e. The molecule has 1 atom stereocenters. The number of aromatic nitrogens is 1. The van der Waals surface area contributed by atoms with Crippen LogP contribution in [0.2, 0.25) is 0 Å². The average Bonchev–Trinajstić information content (AvgIpc) is 2.73. The molecule has 0 aliphatic rings. The van der Waals surface area contributed by atoms with Gasteiger partial charge in [-0.1, -0.05) is 36.3 Å². The lowest BCUT2D eigenvalue weighted by Gasteiger charge is -2.14. The van der Waals surface area contributed by atoms with Crippen LogP contribution in [-0.4, -0.2) is 25.4 Å². The van der Waals surface area contributed by atoms with Crippen LogP contribution in [0, 0.1) is 11.8 Å². The lowest BCUT2D eigenvalue weighted by atomic mass is 10.2. The van der Waals surface area contributed by atoms with Crippen molar-refractivity contribution < 1.29 is 13.2 Å². The highest BCUT2D eigenvalue weighted by Gasteiger charge is 2.21. The molecule has 0 spiro atoms. The van der Waals surface area contributed by atoms with E-state index in [-0.39, 0.29) is 4.90 Å². The third-order valence-electron chi connectivity index (χ3n) is 3.91. The van der Waals surface area contributed by atoms with Crippen LogP contribution >= 0.6 is 0 Å². The van der Waals surface area contributed by atoms with E-state index in [0.717, 1.165) is 0 Å². The minimum absolute atomic E-state index is 0.103. The summed E-state index contributed by atoms with van der Waals surface area (Å²) in [7, 11) is -3.78. The predicted molar refractivity (Wildman–Crippen MR) is 112 cm³/mol. The van der Waals surface area contributed by atoms with Crippen molar-refractivity contribution in [2.75, 3.05) is 5.32 Å². The Labute approximate surface area is 170 Å². The van der Waals surface area contributed by atoms with Crippen molar-refractivity contribution in [2.24, 2.45) is 0 Å². The summed E-state index contributed by atoms with van der Waals surface area (Å²) in [4.78, 5) is 16.7. The molecule has 0 radical (unpaired) electrons. The first-order valence-corrected chi connectivity index (χ1v) is 10.3. The van der Waals surface area contributed by atoms with Crippen molar-refractivity contribution in [2.45, 2.75) is 17.9 Å². The van der Waals surface area contributed by atoms with Gasteiger partial charge in [0.1, 0.15) is 5.69 Å². The van der Waals surface area contributed by atoms with Crippen molar-refractivity contribution in [3.05, 3.63) is 90.3 Å². The number of hydrogen-bond acceptors (Lipinski definition) is 4. The van der Waals surface area contributed by atoms with Gasteiger partial charge in [0.15, 0.2) is 0 Å². The molecule has 6 nitrogen and oxygen atoms in total. The van der Waals surface area contributed by atoms with Crippen molar-refractivity contribution in [1.82, 2.24) is 9.71 Å². The number of rotatable bonds is 5. The van der Waals surface area contributed by atoms with E-state index in [1.165, 1.54) is 19.1 Å². The number of nitrogens with zero attached hydrogens (tertiary/aromatic N) is 1. The smallest absolute Gasteiger partial charge is 0.242 e. The maximum absolute atomic E-state index is 12.4. The molecular formula is C22H19N3O3S. The van der Waals surface area contributed by atoms with E-state index in [4.69, 9.17) is 0 Å². The van der Waals surface area contributed by atoms with Crippen LogP contribution in [0.3, 0.4) is 0 Å². The van der Waals surface area contributed by atoms with Crippen LogP contribution in [0.5, 0.6) is 0 Å². The predicted octanol–water partition coefficient (Wildman–Crippen LogP) is 2.79. The molecular weight excluding hydrogens is 386 g/mol. The van der Waals surface area contributed by atoms with Gasteiger partial charge >= 0.3 is 0 Å². The Bertz CT molecular complexity index is 1150. The summed E-state index contributed by atoms with van der Waals surface area (Å²) in [5.41, 5.74) is 1.87. The zero-order valence-electron chi connectivity index (χ0n) is 15.7. The molecule has 1 amide bonds. The first kappa shape index (κ1) is 20.3. The van der Waals surface area contributed by atoms with Gasteiger partial charge in [-0.15, -0.1) is 0 Å². The third-order valence-corrected chi connectivity index (χ3v) is 5.47. The molecule has 0 aliphatic carbocycles. The Balaban J connectivity index is 1.67. The number of benzene rings is 2. The maximum atomic E-state index is 12.4. The number of amides is 1. The van der Waals surface area contributed by atoms with Gasteiger partial charge in [0.2, 0.25) is 15.9 Å². The summed E-state index contributed by atoms with van der Waals surface area (Å²) in [5, 5.41) is 2.71. The van der Waals surface area contributed by atoms with Gasteiger partial charge in [-0.25, -0.2) is 13.4 Å². The van der Waals surface area contributed by atoms with Crippen LogP contribution in [0.4, 0.5) is 5.69 Å². The summed E-state index contributed by atoms with van der Waals surface area (Å²) >= 11 is 0. The summed E-state index contributed by atoms with van der Waals surface area (Å²) in [6, 6.07) is 19.4. The molecule has 29 heavy (non-hydrogen) atoms. The summed E-state index contributed by atoms with van der Waals surface area (Å²) in [6.45, 7) is 1.49. The maximum Gasteiger partial charge on any atom is 0.242 e.